The third kappa shape index (κ3) is 3.69. The van der Waals surface area contributed by atoms with Crippen molar-refractivity contribution in [3.05, 3.63) is 64.9 Å². The molecule has 8 heteroatoms. The number of carbonyl (C=O) groups is 3. The first-order valence-electron chi connectivity index (χ1n) is 8.25. The Morgan fingerprint density at radius 2 is 2.00 bits per heavy atom. The van der Waals surface area contributed by atoms with Crippen LogP contribution in [0.1, 0.15) is 49.4 Å². The minimum absolute atomic E-state index is 0.124. The van der Waals surface area contributed by atoms with Gasteiger partial charge in [0.2, 0.25) is 5.78 Å². The van der Waals surface area contributed by atoms with E-state index in [-0.39, 0.29) is 17.0 Å². The second-order valence-electron chi connectivity index (χ2n) is 6.04. The van der Waals surface area contributed by atoms with Crippen molar-refractivity contribution in [2.75, 3.05) is 6.61 Å². The summed E-state index contributed by atoms with van der Waals surface area (Å²) < 4.78 is 6.64. The largest absolute Gasteiger partial charge is 0.454 e. The van der Waals surface area contributed by atoms with Crippen LogP contribution in [0.25, 0.3) is 5.82 Å². The number of Topliss-reactive ketones (excluding diaryl/α,β-unsaturated/α-hetero) is 2. The molecule has 8 nitrogen and oxygen atoms in total. The molecule has 1 N–H and O–H groups in total. The van der Waals surface area contributed by atoms with Crippen LogP contribution in [0.15, 0.2) is 36.8 Å². The van der Waals surface area contributed by atoms with E-state index in [4.69, 9.17) is 4.74 Å². The predicted molar refractivity (Wildman–Crippen MR) is 96.2 cm³/mol. The third-order valence-corrected chi connectivity index (χ3v) is 4.13. The lowest BCUT2D eigenvalue weighted by molar-refractivity contribution is 0.0473. The Kier molecular flexibility index (Phi) is 4.98. The van der Waals surface area contributed by atoms with Gasteiger partial charge >= 0.3 is 5.97 Å². The van der Waals surface area contributed by atoms with E-state index in [1.807, 2.05) is 0 Å². The molecule has 0 aliphatic carbocycles. The Hall–Kier alpha value is -3.55. The van der Waals surface area contributed by atoms with Crippen molar-refractivity contribution in [1.82, 2.24) is 19.7 Å². The summed E-state index contributed by atoms with van der Waals surface area (Å²) in [5.41, 5.74) is 2.17. The van der Waals surface area contributed by atoms with Gasteiger partial charge < -0.3 is 9.72 Å². The molecular formula is C19H18N4O4. The van der Waals surface area contributed by atoms with E-state index in [2.05, 4.69) is 15.1 Å². The normalized spacial score (nSPS) is 10.6. The summed E-state index contributed by atoms with van der Waals surface area (Å²) >= 11 is 0. The Balaban J connectivity index is 1.66. The number of aromatic nitrogens is 4. The van der Waals surface area contributed by atoms with Crippen LogP contribution in [0, 0.1) is 13.8 Å². The van der Waals surface area contributed by atoms with E-state index in [0.29, 0.717) is 22.6 Å². The first-order valence-corrected chi connectivity index (χ1v) is 8.25. The zero-order valence-electron chi connectivity index (χ0n) is 15.1. The average molecular weight is 366 g/mol. The number of nitrogens with one attached hydrogen (secondary N) is 1. The quantitative estimate of drug-likeness (QED) is 0.530. The molecule has 0 amide bonds. The zero-order valence-corrected chi connectivity index (χ0v) is 15.1. The number of nitrogens with zero attached hydrogens (tertiary/aromatic N) is 3. The zero-order chi connectivity index (χ0) is 19.6. The molecule has 0 aromatic carbocycles. The fraction of sp³-hybridized carbons (Fsp3) is 0.211. The van der Waals surface area contributed by atoms with Crippen molar-refractivity contribution in [2.24, 2.45) is 0 Å². The lowest BCUT2D eigenvalue weighted by Crippen LogP contribution is -2.16. The molecule has 3 aromatic heterocycles. The van der Waals surface area contributed by atoms with Gasteiger partial charge in [-0.1, -0.05) is 0 Å². The number of hydrogen-bond acceptors (Lipinski definition) is 6. The molecule has 0 atom stereocenters. The molecule has 3 heterocycles. The highest BCUT2D eigenvalue weighted by Gasteiger charge is 2.21. The Labute approximate surface area is 155 Å². The molecule has 138 valence electrons. The maximum Gasteiger partial charge on any atom is 0.340 e. The van der Waals surface area contributed by atoms with Gasteiger partial charge in [0.15, 0.2) is 18.2 Å². The highest BCUT2D eigenvalue weighted by molar-refractivity contribution is 6.04. The molecule has 0 fully saturated rings. The molecular weight excluding hydrogens is 348 g/mol. The first kappa shape index (κ1) is 18.2. The number of carbonyl (C=O) groups excluding carboxylic acids is 3. The van der Waals surface area contributed by atoms with E-state index in [0.717, 1.165) is 0 Å². The second kappa shape index (κ2) is 7.36. The fourth-order valence-electron chi connectivity index (χ4n) is 2.89. The Bertz CT molecular complexity index is 1000. The van der Waals surface area contributed by atoms with Crippen LogP contribution in [0.5, 0.6) is 0 Å². The minimum atomic E-state index is -0.657. The molecule has 0 bridgehead atoms. The van der Waals surface area contributed by atoms with Gasteiger partial charge in [0, 0.05) is 29.8 Å². The molecule has 0 spiro atoms. The van der Waals surface area contributed by atoms with Crippen LogP contribution < -0.4 is 0 Å². The lowest BCUT2D eigenvalue weighted by atomic mass is 10.1. The van der Waals surface area contributed by atoms with E-state index in [1.54, 1.807) is 49.1 Å². The molecule has 0 aliphatic heterocycles. The number of hydrogen-bond donors (Lipinski definition) is 1. The third-order valence-electron chi connectivity index (χ3n) is 4.13. The van der Waals surface area contributed by atoms with Gasteiger partial charge in [0.05, 0.1) is 11.3 Å². The van der Waals surface area contributed by atoms with E-state index in [1.165, 1.54) is 13.1 Å². The van der Waals surface area contributed by atoms with E-state index < -0.39 is 18.4 Å². The molecule has 0 aliphatic rings. The summed E-state index contributed by atoms with van der Waals surface area (Å²) in [5, 5.41) is 4.05. The number of esters is 1. The molecule has 0 saturated heterocycles. The lowest BCUT2D eigenvalue weighted by Gasteiger charge is -2.05. The first-order chi connectivity index (χ1) is 12.9. The van der Waals surface area contributed by atoms with Crippen molar-refractivity contribution in [3.8, 4) is 5.82 Å². The van der Waals surface area contributed by atoms with Crippen molar-refractivity contribution < 1.29 is 19.1 Å². The number of aromatic amines is 1. The predicted octanol–water partition coefficient (Wildman–Crippen LogP) is 2.45. The Morgan fingerprint density at radius 1 is 1.22 bits per heavy atom. The van der Waals surface area contributed by atoms with Crippen LogP contribution >= 0.6 is 0 Å². The van der Waals surface area contributed by atoms with Gasteiger partial charge in [0.25, 0.3) is 0 Å². The number of ketones is 2. The van der Waals surface area contributed by atoms with Gasteiger partial charge in [-0.05, 0) is 44.5 Å². The smallest absolute Gasteiger partial charge is 0.340 e. The molecule has 0 saturated carbocycles. The second-order valence-corrected chi connectivity index (χ2v) is 6.04. The molecule has 0 radical (unpaired) electrons. The monoisotopic (exact) mass is 366 g/mol. The highest BCUT2D eigenvalue weighted by Crippen LogP contribution is 2.19. The summed E-state index contributed by atoms with van der Waals surface area (Å²) in [6.07, 6.45) is 4.72. The summed E-state index contributed by atoms with van der Waals surface area (Å²) in [6.45, 7) is 4.42. The van der Waals surface area contributed by atoms with Crippen molar-refractivity contribution in [2.45, 2.75) is 20.8 Å². The van der Waals surface area contributed by atoms with Crippen LogP contribution in [0.2, 0.25) is 0 Å². The fourth-order valence-corrected chi connectivity index (χ4v) is 2.89. The SMILES string of the molecule is CC(=O)c1c(C)[nH]c(C(=O)COC(=O)c2ccc(-n3cccn3)nc2)c1C. The van der Waals surface area contributed by atoms with Gasteiger partial charge in [-0.25, -0.2) is 14.5 Å². The highest BCUT2D eigenvalue weighted by atomic mass is 16.5. The van der Waals surface area contributed by atoms with E-state index in [9.17, 15) is 14.4 Å². The van der Waals surface area contributed by atoms with Crippen LogP contribution in [-0.4, -0.2) is 43.9 Å². The van der Waals surface area contributed by atoms with Crippen molar-refractivity contribution >= 4 is 17.5 Å². The van der Waals surface area contributed by atoms with Crippen molar-refractivity contribution in [1.29, 1.82) is 0 Å². The topological polar surface area (TPSA) is 107 Å². The summed E-state index contributed by atoms with van der Waals surface area (Å²) in [6, 6.07) is 4.94. The minimum Gasteiger partial charge on any atom is -0.454 e. The molecule has 3 rings (SSSR count). The van der Waals surface area contributed by atoms with Crippen LogP contribution in [-0.2, 0) is 4.74 Å². The van der Waals surface area contributed by atoms with Gasteiger partial charge in [-0.3, -0.25) is 9.59 Å². The maximum atomic E-state index is 12.4. The number of pyridine rings is 1. The molecule has 0 unspecified atom stereocenters. The summed E-state index contributed by atoms with van der Waals surface area (Å²) in [5.74, 6) is -0.629. The average Bonchev–Trinajstić information content (AvgIpc) is 3.27. The van der Waals surface area contributed by atoms with Gasteiger partial charge in [0.1, 0.15) is 0 Å². The van der Waals surface area contributed by atoms with Gasteiger partial charge in [-0.2, -0.15) is 5.10 Å². The maximum absolute atomic E-state index is 12.4. The van der Waals surface area contributed by atoms with Crippen LogP contribution in [0.3, 0.4) is 0 Å². The van der Waals surface area contributed by atoms with E-state index >= 15 is 0 Å². The Morgan fingerprint density at radius 3 is 2.56 bits per heavy atom. The van der Waals surface area contributed by atoms with Crippen molar-refractivity contribution in [3.63, 3.8) is 0 Å². The number of aryl methyl sites for hydroxylation is 1. The van der Waals surface area contributed by atoms with Crippen LogP contribution in [0.4, 0.5) is 0 Å². The summed E-state index contributed by atoms with van der Waals surface area (Å²) in [4.78, 5) is 43.2. The number of H-pyrrole nitrogens is 1. The number of ether oxygens (including phenoxy) is 1. The molecule has 27 heavy (non-hydrogen) atoms. The summed E-state index contributed by atoms with van der Waals surface area (Å²) in [7, 11) is 0. The standard InChI is InChI=1S/C19H18N4O4/c1-11-17(13(3)24)12(2)22-18(11)15(25)10-27-19(26)14-5-6-16(20-9-14)23-8-4-7-21-23/h4-9,22H,10H2,1-3H3. The van der Waals surface area contributed by atoms with Gasteiger partial charge in [-0.15, -0.1) is 0 Å². The number of rotatable bonds is 6. The molecule has 3 aromatic rings.